The number of ether oxygens (including phenoxy) is 2. The highest BCUT2D eigenvalue weighted by Gasteiger charge is 2.33. The van der Waals surface area contributed by atoms with Crippen LogP contribution >= 0.6 is 11.6 Å². The molecule has 33 heavy (non-hydrogen) atoms. The van der Waals surface area contributed by atoms with Crippen molar-refractivity contribution in [2.45, 2.75) is 25.9 Å². The van der Waals surface area contributed by atoms with Crippen molar-refractivity contribution in [2.75, 3.05) is 36.5 Å². The Labute approximate surface area is 193 Å². The number of amides is 1. The molecule has 2 heterocycles. The van der Waals surface area contributed by atoms with E-state index in [0.29, 0.717) is 37.4 Å². The fourth-order valence-corrected chi connectivity index (χ4v) is 3.71. The van der Waals surface area contributed by atoms with E-state index in [2.05, 4.69) is 10.3 Å². The minimum absolute atomic E-state index is 0.0765. The highest BCUT2D eigenvalue weighted by molar-refractivity contribution is 6.33. The number of hydrogen-bond donors (Lipinski definition) is 1. The quantitative estimate of drug-likeness (QED) is 0.579. The van der Waals surface area contributed by atoms with Crippen molar-refractivity contribution in [2.24, 2.45) is 5.92 Å². The molecule has 3 rings (SSSR count). The highest BCUT2D eigenvalue weighted by atomic mass is 35.5. The third-order valence-corrected chi connectivity index (χ3v) is 5.36. The van der Waals surface area contributed by atoms with E-state index in [1.165, 1.54) is 0 Å². The molecule has 1 aliphatic heterocycles. The Morgan fingerprint density at radius 3 is 2.61 bits per heavy atom. The zero-order chi connectivity index (χ0) is 24.0. The minimum Gasteiger partial charge on any atom is -0.482 e. The summed E-state index contributed by atoms with van der Waals surface area (Å²) in [7, 11) is 0. The zero-order valence-electron chi connectivity index (χ0n) is 17.8. The number of carbonyl (C=O) groups is 2. The second kappa shape index (κ2) is 10.7. The number of pyridine rings is 1. The Hall–Kier alpha value is -3.01. The van der Waals surface area contributed by atoms with Crippen LogP contribution in [0.15, 0.2) is 36.5 Å². The Morgan fingerprint density at radius 1 is 1.24 bits per heavy atom. The van der Waals surface area contributed by atoms with Gasteiger partial charge in [0.15, 0.2) is 6.61 Å². The number of halogens is 4. The Kier molecular flexibility index (Phi) is 8.01. The van der Waals surface area contributed by atoms with Gasteiger partial charge in [-0.1, -0.05) is 17.7 Å². The normalized spacial score (nSPS) is 14.6. The van der Waals surface area contributed by atoms with Gasteiger partial charge < -0.3 is 19.7 Å². The second-order valence-electron chi connectivity index (χ2n) is 7.40. The predicted octanol–water partition coefficient (Wildman–Crippen LogP) is 4.55. The lowest BCUT2D eigenvalue weighted by Crippen LogP contribution is -2.38. The standard InChI is InChI=1S/C22H23ClF3N3O4/c1-2-32-19(30)13-33-17-5-3-4-16(11-17)28-21(31)14-6-8-29(9-7-14)20-18(23)10-15(12-27-20)22(24,25)26/h3-5,10-12,14H,2,6-9,13H2,1H3,(H,28,31). The van der Waals surface area contributed by atoms with Crippen LogP contribution in [0.3, 0.4) is 0 Å². The van der Waals surface area contributed by atoms with Crippen LogP contribution in [0.4, 0.5) is 24.7 Å². The number of carbonyl (C=O) groups excluding carboxylic acids is 2. The summed E-state index contributed by atoms with van der Waals surface area (Å²) in [6, 6.07) is 7.53. The van der Waals surface area contributed by atoms with Crippen LogP contribution in [0.25, 0.3) is 0 Å². The summed E-state index contributed by atoms with van der Waals surface area (Å²) in [5, 5.41) is 2.76. The zero-order valence-corrected chi connectivity index (χ0v) is 18.6. The first-order chi connectivity index (χ1) is 15.7. The molecule has 0 spiro atoms. The molecule has 0 unspecified atom stereocenters. The lowest BCUT2D eigenvalue weighted by Gasteiger charge is -2.32. The topological polar surface area (TPSA) is 80.8 Å². The third-order valence-electron chi connectivity index (χ3n) is 5.08. The van der Waals surface area contributed by atoms with E-state index < -0.39 is 17.7 Å². The maximum Gasteiger partial charge on any atom is 0.417 e. The molecule has 0 aliphatic carbocycles. The summed E-state index contributed by atoms with van der Waals surface area (Å²) in [5.41, 5.74) is -0.379. The van der Waals surface area contributed by atoms with Gasteiger partial charge in [-0.05, 0) is 38.0 Å². The largest absolute Gasteiger partial charge is 0.482 e. The number of aromatic nitrogens is 1. The average Bonchev–Trinajstić information content (AvgIpc) is 2.77. The number of hydrogen-bond acceptors (Lipinski definition) is 6. The maximum atomic E-state index is 12.8. The van der Waals surface area contributed by atoms with Gasteiger partial charge in [0.25, 0.3) is 0 Å². The van der Waals surface area contributed by atoms with Gasteiger partial charge in [-0.3, -0.25) is 4.79 Å². The van der Waals surface area contributed by atoms with Gasteiger partial charge in [-0.25, -0.2) is 9.78 Å². The summed E-state index contributed by atoms with van der Waals surface area (Å²) in [5.74, 6) is -0.253. The van der Waals surface area contributed by atoms with Crippen LogP contribution in [-0.2, 0) is 20.5 Å². The van der Waals surface area contributed by atoms with E-state index in [0.717, 1.165) is 12.3 Å². The molecule has 178 valence electrons. The molecule has 1 saturated heterocycles. The molecule has 11 heteroatoms. The van der Waals surface area contributed by atoms with Crippen LogP contribution < -0.4 is 15.0 Å². The van der Waals surface area contributed by atoms with E-state index in [-0.39, 0.29) is 35.9 Å². The number of anilines is 2. The van der Waals surface area contributed by atoms with Crippen molar-refractivity contribution < 1.29 is 32.2 Å². The average molecular weight is 486 g/mol. The van der Waals surface area contributed by atoms with Gasteiger partial charge in [-0.15, -0.1) is 0 Å². The smallest absolute Gasteiger partial charge is 0.417 e. The number of esters is 1. The van der Waals surface area contributed by atoms with Crippen LogP contribution in [0.2, 0.25) is 5.02 Å². The fraction of sp³-hybridized carbons (Fsp3) is 0.409. The number of rotatable bonds is 7. The van der Waals surface area contributed by atoms with Crippen molar-refractivity contribution in [3.8, 4) is 5.75 Å². The highest BCUT2D eigenvalue weighted by Crippen LogP contribution is 2.34. The number of nitrogens with zero attached hydrogens (tertiary/aromatic N) is 2. The number of nitrogens with one attached hydrogen (secondary N) is 1. The molecule has 0 bridgehead atoms. The van der Waals surface area contributed by atoms with Gasteiger partial charge in [0.2, 0.25) is 5.91 Å². The van der Waals surface area contributed by atoms with E-state index in [1.807, 2.05) is 0 Å². The summed E-state index contributed by atoms with van der Waals surface area (Å²) in [4.78, 5) is 29.8. The maximum absolute atomic E-state index is 12.8. The first kappa shape index (κ1) is 24.6. The molecular weight excluding hydrogens is 463 g/mol. The van der Waals surface area contributed by atoms with Gasteiger partial charge in [-0.2, -0.15) is 13.2 Å². The SMILES string of the molecule is CCOC(=O)COc1cccc(NC(=O)C2CCN(c3ncc(C(F)(F)F)cc3Cl)CC2)c1. The summed E-state index contributed by atoms with van der Waals surface area (Å²) < 4.78 is 48.6. The molecule has 2 aromatic rings. The first-order valence-corrected chi connectivity index (χ1v) is 10.7. The minimum atomic E-state index is -4.51. The second-order valence-corrected chi connectivity index (χ2v) is 7.81. The van der Waals surface area contributed by atoms with Crippen molar-refractivity contribution in [1.29, 1.82) is 0 Å². The van der Waals surface area contributed by atoms with E-state index in [1.54, 1.807) is 36.1 Å². The first-order valence-electron chi connectivity index (χ1n) is 10.3. The van der Waals surface area contributed by atoms with Crippen LogP contribution in [-0.4, -0.2) is 43.2 Å². The summed E-state index contributed by atoms with van der Waals surface area (Å²) >= 11 is 6.03. The molecule has 1 fully saturated rings. The molecular formula is C22H23ClF3N3O4. The number of alkyl halides is 3. The van der Waals surface area contributed by atoms with Crippen molar-refractivity contribution in [1.82, 2.24) is 4.98 Å². The Bertz CT molecular complexity index is 995. The van der Waals surface area contributed by atoms with Gasteiger partial charge in [0.1, 0.15) is 11.6 Å². The van der Waals surface area contributed by atoms with Crippen molar-refractivity contribution in [3.63, 3.8) is 0 Å². The van der Waals surface area contributed by atoms with Crippen molar-refractivity contribution >= 4 is 35.0 Å². The molecule has 7 nitrogen and oxygen atoms in total. The van der Waals surface area contributed by atoms with Gasteiger partial charge in [0.05, 0.1) is 17.2 Å². The molecule has 1 aromatic heterocycles. The molecule has 1 amide bonds. The van der Waals surface area contributed by atoms with Gasteiger partial charge >= 0.3 is 12.1 Å². The molecule has 0 radical (unpaired) electrons. The third kappa shape index (κ3) is 6.74. The Balaban J connectivity index is 1.54. The lowest BCUT2D eigenvalue weighted by molar-refractivity contribution is -0.145. The van der Waals surface area contributed by atoms with Gasteiger partial charge in [0, 0.05) is 37.0 Å². The lowest BCUT2D eigenvalue weighted by atomic mass is 9.95. The molecule has 1 aliphatic rings. The molecule has 1 aromatic carbocycles. The molecule has 0 saturated carbocycles. The molecule has 0 atom stereocenters. The summed E-state index contributed by atoms with van der Waals surface area (Å²) in [6.07, 6.45) is -2.77. The van der Waals surface area contributed by atoms with E-state index in [4.69, 9.17) is 21.1 Å². The van der Waals surface area contributed by atoms with Crippen LogP contribution in [0.5, 0.6) is 5.75 Å². The number of piperidine rings is 1. The number of benzene rings is 1. The predicted molar refractivity (Wildman–Crippen MR) is 116 cm³/mol. The van der Waals surface area contributed by atoms with Crippen molar-refractivity contribution in [3.05, 3.63) is 47.1 Å². The van der Waals surface area contributed by atoms with E-state index >= 15 is 0 Å². The monoisotopic (exact) mass is 485 g/mol. The van der Waals surface area contributed by atoms with Crippen LogP contribution in [0.1, 0.15) is 25.3 Å². The van der Waals surface area contributed by atoms with Crippen LogP contribution in [0, 0.1) is 5.92 Å². The molecule has 1 N–H and O–H groups in total. The Morgan fingerprint density at radius 2 is 1.97 bits per heavy atom. The fourth-order valence-electron chi connectivity index (χ4n) is 3.42. The van der Waals surface area contributed by atoms with E-state index in [9.17, 15) is 22.8 Å². The summed E-state index contributed by atoms with van der Waals surface area (Å²) in [6.45, 7) is 2.59.